The number of hydrogen-bond donors (Lipinski definition) is 0. The lowest BCUT2D eigenvalue weighted by atomic mass is 9.89. The molecule has 5 nitrogen and oxygen atoms in total. The van der Waals surface area contributed by atoms with Crippen molar-refractivity contribution in [2.75, 3.05) is 32.2 Å². The summed E-state index contributed by atoms with van der Waals surface area (Å²) >= 11 is 0. The predicted molar refractivity (Wildman–Crippen MR) is 99.8 cm³/mol. The summed E-state index contributed by atoms with van der Waals surface area (Å²) in [4.78, 5) is 16.6. The molecular formula is C20H28N2O3. The first kappa shape index (κ1) is 17.8. The Morgan fingerprint density at radius 1 is 1.24 bits per heavy atom. The highest BCUT2D eigenvalue weighted by molar-refractivity contribution is 5.80. The van der Waals surface area contributed by atoms with E-state index in [9.17, 15) is 4.79 Å². The van der Waals surface area contributed by atoms with Gasteiger partial charge in [-0.2, -0.15) is 0 Å². The van der Waals surface area contributed by atoms with Gasteiger partial charge >= 0.3 is 6.09 Å². The smallest absolute Gasteiger partial charge is 0.411 e. The topological polar surface area (TPSA) is 42.0 Å². The maximum atomic E-state index is 12.7. The van der Waals surface area contributed by atoms with E-state index in [1.165, 1.54) is 16.8 Å². The molecular weight excluding hydrogens is 316 g/mol. The lowest BCUT2D eigenvalue weighted by Crippen LogP contribution is -2.57. The van der Waals surface area contributed by atoms with Crippen LogP contribution >= 0.6 is 0 Å². The van der Waals surface area contributed by atoms with E-state index >= 15 is 0 Å². The third-order valence-electron chi connectivity index (χ3n) is 4.53. The second-order valence-corrected chi connectivity index (χ2v) is 7.95. The molecule has 1 saturated heterocycles. The molecule has 1 amide bonds. The van der Waals surface area contributed by atoms with Crippen molar-refractivity contribution >= 4 is 17.4 Å². The molecule has 2 aliphatic heterocycles. The first-order valence-electron chi connectivity index (χ1n) is 8.83. The Bertz CT molecular complexity index is 676. The largest absolute Gasteiger partial charge is 0.444 e. The van der Waals surface area contributed by atoms with Gasteiger partial charge in [0.2, 0.25) is 0 Å². The van der Waals surface area contributed by atoms with Crippen LogP contribution < -0.4 is 4.90 Å². The number of amides is 1. The van der Waals surface area contributed by atoms with Crippen LogP contribution in [-0.2, 0) is 9.47 Å². The van der Waals surface area contributed by atoms with Crippen molar-refractivity contribution in [3.63, 3.8) is 0 Å². The highest BCUT2D eigenvalue weighted by Gasteiger charge is 2.40. The molecule has 136 valence electrons. The number of ether oxygens (including phenoxy) is 2. The molecule has 0 aliphatic carbocycles. The molecule has 2 bridgehead atoms. The normalized spacial score (nSPS) is 23.1. The monoisotopic (exact) mass is 344 g/mol. The van der Waals surface area contributed by atoms with Crippen molar-refractivity contribution in [1.29, 1.82) is 0 Å². The van der Waals surface area contributed by atoms with Crippen molar-refractivity contribution in [2.45, 2.75) is 44.9 Å². The van der Waals surface area contributed by atoms with E-state index < -0.39 is 5.60 Å². The summed E-state index contributed by atoms with van der Waals surface area (Å²) in [6.45, 7) is 6.77. The van der Waals surface area contributed by atoms with E-state index in [1.807, 2.05) is 25.7 Å². The number of anilines is 1. The average molecular weight is 344 g/mol. The lowest BCUT2D eigenvalue weighted by molar-refractivity contribution is -0.0510. The Labute approximate surface area is 150 Å². The van der Waals surface area contributed by atoms with Crippen molar-refractivity contribution in [3.05, 3.63) is 35.9 Å². The fraction of sp³-hybridized carbons (Fsp3) is 0.550. The Hall–Kier alpha value is -2.01. The summed E-state index contributed by atoms with van der Waals surface area (Å²) in [6, 6.07) is 8.34. The van der Waals surface area contributed by atoms with Gasteiger partial charge in [-0.1, -0.05) is 24.3 Å². The molecule has 2 aliphatic rings. The quantitative estimate of drug-likeness (QED) is 0.823. The summed E-state index contributed by atoms with van der Waals surface area (Å²) in [7, 11) is 4.11. The molecule has 2 atom stereocenters. The molecule has 0 spiro atoms. The molecule has 0 aromatic heterocycles. The number of nitrogens with zero attached hydrogens (tertiary/aromatic N) is 2. The zero-order valence-corrected chi connectivity index (χ0v) is 15.8. The Kier molecular flexibility index (Phi) is 4.78. The number of rotatable bonds is 2. The van der Waals surface area contributed by atoms with E-state index in [-0.39, 0.29) is 18.2 Å². The number of hydrogen-bond acceptors (Lipinski definition) is 4. The summed E-state index contributed by atoms with van der Waals surface area (Å²) in [5.41, 5.74) is 3.21. The van der Waals surface area contributed by atoms with Crippen LogP contribution in [0.25, 0.3) is 5.57 Å². The highest BCUT2D eigenvalue weighted by Crippen LogP contribution is 2.36. The van der Waals surface area contributed by atoms with Crippen LogP contribution in [0.15, 0.2) is 30.3 Å². The molecule has 3 rings (SSSR count). The summed E-state index contributed by atoms with van der Waals surface area (Å²) in [5.74, 6) is 0. The molecule has 1 fully saturated rings. The fourth-order valence-corrected chi connectivity index (χ4v) is 3.53. The van der Waals surface area contributed by atoms with Gasteiger partial charge in [0, 0.05) is 25.3 Å². The molecule has 1 aromatic carbocycles. The average Bonchev–Trinajstić information content (AvgIpc) is 2.51. The van der Waals surface area contributed by atoms with Gasteiger partial charge in [-0.3, -0.25) is 4.90 Å². The first-order valence-corrected chi connectivity index (χ1v) is 8.83. The molecule has 0 radical (unpaired) electrons. The molecule has 1 aromatic rings. The van der Waals surface area contributed by atoms with E-state index in [4.69, 9.17) is 9.47 Å². The van der Waals surface area contributed by atoms with Gasteiger partial charge in [0.15, 0.2) is 0 Å². The minimum atomic E-state index is -0.492. The molecule has 2 unspecified atom stereocenters. The van der Waals surface area contributed by atoms with Gasteiger partial charge in [-0.05, 0) is 38.8 Å². The van der Waals surface area contributed by atoms with Gasteiger partial charge in [-0.15, -0.1) is 0 Å². The maximum Gasteiger partial charge on any atom is 0.411 e. The minimum Gasteiger partial charge on any atom is -0.444 e. The second-order valence-electron chi connectivity index (χ2n) is 7.95. The van der Waals surface area contributed by atoms with Crippen molar-refractivity contribution in [2.24, 2.45) is 0 Å². The van der Waals surface area contributed by atoms with Crippen LogP contribution in [-0.4, -0.2) is 56.0 Å². The zero-order valence-electron chi connectivity index (χ0n) is 15.8. The van der Waals surface area contributed by atoms with E-state index in [1.54, 1.807) is 0 Å². The Morgan fingerprint density at radius 2 is 1.96 bits per heavy atom. The van der Waals surface area contributed by atoms with Gasteiger partial charge in [0.25, 0.3) is 0 Å². The zero-order chi connectivity index (χ0) is 18.2. The number of benzene rings is 1. The highest BCUT2D eigenvalue weighted by atomic mass is 16.6. The maximum absolute atomic E-state index is 12.7. The summed E-state index contributed by atoms with van der Waals surface area (Å²) in [6.07, 6.45) is 2.70. The third-order valence-corrected chi connectivity index (χ3v) is 4.53. The van der Waals surface area contributed by atoms with Crippen LogP contribution in [0.3, 0.4) is 0 Å². The Morgan fingerprint density at radius 3 is 2.60 bits per heavy atom. The fourth-order valence-electron chi connectivity index (χ4n) is 3.53. The SMILES string of the molecule is CN(C)c1ccccc1C1=CC2COCC(C1)N2C(=O)OC(C)(C)C. The molecule has 25 heavy (non-hydrogen) atoms. The summed E-state index contributed by atoms with van der Waals surface area (Å²) in [5, 5.41) is 0. The molecule has 0 N–H and O–H groups in total. The van der Waals surface area contributed by atoms with Crippen LogP contribution in [0.4, 0.5) is 10.5 Å². The third kappa shape index (κ3) is 3.82. The van der Waals surface area contributed by atoms with Crippen molar-refractivity contribution in [3.8, 4) is 0 Å². The second kappa shape index (κ2) is 6.71. The first-order chi connectivity index (χ1) is 11.8. The number of carbonyl (C=O) groups is 1. The van der Waals surface area contributed by atoms with Crippen LogP contribution in [0, 0.1) is 0 Å². The predicted octanol–water partition coefficient (Wildman–Crippen LogP) is 3.54. The van der Waals surface area contributed by atoms with Gasteiger partial charge in [0.05, 0.1) is 25.3 Å². The van der Waals surface area contributed by atoms with Crippen molar-refractivity contribution < 1.29 is 14.3 Å². The van der Waals surface area contributed by atoms with Gasteiger partial charge < -0.3 is 14.4 Å². The number of carbonyl (C=O) groups excluding carboxylic acids is 1. The Balaban J connectivity index is 1.91. The molecule has 2 heterocycles. The van der Waals surface area contributed by atoms with Gasteiger partial charge in [0.1, 0.15) is 5.60 Å². The van der Waals surface area contributed by atoms with E-state index in [0.29, 0.717) is 13.2 Å². The lowest BCUT2D eigenvalue weighted by Gasteiger charge is -2.45. The molecule has 0 saturated carbocycles. The molecule has 5 heteroatoms. The standard InChI is InChI=1S/C20H28N2O3/c1-20(2,3)25-19(23)22-15-10-14(11-16(22)13-24-12-15)17-8-6-7-9-18(17)21(4)5/h6-10,15-16H,11-13H2,1-5H3. The van der Waals surface area contributed by atoms with Gasteiger partial charge in [-0.25, -0.2) is 4.79 Å². The minimum absolute atomic E-state index is 0.0174. The van der Waals surface area contributed by atoms with Crippen molar-refractivity contribution in [1.82, 2.24) is 4.90 Å². The van der Waals surface area contributed by atoms with Crippen LogP contribution in [0.2, 0.25) is 0 Å². The van der Waals surface area contributed by atoms with Crippen LogP contribution in [0.1, 0.15) is 32.8 Å². The number of fused-ring (bicyclic) bond motifs is 2. The number of para-hydroxylation sites is 1. The number of morpholine rings is 1. The summed E-state index contributed by atoms with van der Waals surface area (Å²) < 4.78 is 11.3. The van der Waals surface area contributed by atoms with E-state index in [2.05, 4.69) is 49.3 Å². The van der Waals surface area contributed by atoms with Crippen LogP contribution in [0.5, 0.6) is 0 Å². The van der Waals surface area contributed by atoms with E-state index in [0.717, 1.165) is 6.42 Å².